The predicted molar refractivity (Wildman–Crippen MR) is 162 cm³/mol. The molecule has 3 aliphatic rings. The van der Waals surface area contributed by atoms with E-state index in [4.69, 9.17) is 4.98 Å². The van der Waals surface area contributed by atoms with Crippen molar-refractivity contribution in [2.24, 2.45) is 5.92 Å². The molecule has 10 heteroatoms. The van der Waals surface area contributed by atoms with Crippen molar-refractivity contribution in [3.63, 3.8) is 0 Å². The van der Waals surface area contributed by atoms with Crippen molar-refractivity contribution < 1.29 is 9.90 Å². The predicted octanol–water partition coefficient (Wildman–Crippen LogP) is 4.08. The smallest absolute Gasteiger partial charge is 0.278 e. The summed E-state index contributed by atoms with van der Waals surface area (Å²) >= 11 is 0. The molecule has 0 aliphatic carbocycles. The van der Waals surface area contributed by atoms with E-state index < -0.39 is 5.60 Å². The van der Waals surface area contributed by atoms with Crippen LogP contribution in [0.4, 0.5) is 11.6 Å². The monoisotopic (exact) mass is 567 g/mol. The molecule has 0 spiro atoms. The summed E-state index contributed by atoms with van der Waals surface area (Å²) in [7, 11) is 0. The van der Waals surface area contributed by atoms with Crippen molar-refractivity contribution in [3.05, 3.63) is 82.9 Å². The van der Waals surface area contributed by atoms with Crippen LogP contribution in [0.15, 0.2) is 66.1 Å². The van der Waals surface area contributed by atoms with Gasteiger partial charge in [-0.2, -0.15) is 4.98 Å². The fourth-order valence-corrected chi connectivity index (χ4v) is 6.42. The summed E-state index contributed by atoms with van der Waals surface area (Å²) in [5, 5.41) is 14.1. The summed E-state index contributed by atoms with van der Waals surface area (Å²) < 4.78 is 3.13. The molecule has 1 aromatic carbocycles. The summed E-state index contributed by atoms with van der Waals surface area (Å²) in [6, 6.07) is 13.2. The summed E-state index contributed by atoms with van der Waals surface area (Å²) in [6.07, 6.45) is 5.10. The van der Waals surface area contributed by atoms with Crippen LogP contribution in [0.25, 0.3) is 16.9 Å². The van der Waals surface area contributed by atoms with Gasteiger partial charge < -0.3 is 10.4 Å². The Hall–Kier alpha value is -4.15. The van der Waals surface area contributed by atoms with Crippen LogP contribution in [-0.2, 0) is 22.4 Å². The Labute approximate surface area is 244 Å². The molecule has 3 aromatic heterocycles. The first-order chi connectivity index (χ1) is 20.0. The number of nitrogens with one attached hydrogen (secondary N) is 1. The van der Waals surface area contributed by atoms with Crippen LogP contribution in [0, 0.1) is 5.92 Å². The van der Waals surface area contributed by atoms with Crippen LogP contribution in [-0.4, -0.2) is 59.2 Å². The second kappa shape index (κ2) is 10.3. The molecule has 3 aliphatic heterocycles. The molecule has 42 heavy (non-hydrogen) atoms. The molecule has 3 fully saturated rings. The maximum absolute atomic E-state index is 13.3. The number of hydrogen-bond acceptors (Lipinski definition) is 8. The highest BCUT2D eigenvalue weighted by molar-refractivity contribution is 5.89. The molecule has 10 nitrogen and oxygen atoms in total. The van der Waals surface area contributed by atoms with E-state index in [0.29, 0.717) is 34.3 Å². The zero-order valence-corrected chi connectivity index (χ0v) is 24.5. The molecule has 6 heterocycles. The van der Waals surface area contributed by atoms with E-state index in [1.54, 1.807) is 42.8 Å². The van der Waals surface area contributed by atoms with E-state index >= 15 is 0 Å². The fraction of sp³-hybridized carbons (Fsp3) is 0.406. The standard InChI is InChI=1S/C32H37N7O3/c1-6-16-38-29(41)23-19-33-30(36-28(23)39(38)25-9-7-8-24(35-25)32(4,5)42)34-22-12-10-21(11-13-22)31(2,3)27-26(40)20-14-17-37(27)18-15-20/h6-13,19-20,27,42H,1,14-18H2,2-5H3,(H,33,34,36). The minimum atomic E-state index is -1.16. The van der Waals surface area contributed by atoms with E-state index in [9.17, 15) is 14.7 Å². The Kier molecular flexibility index (Phi) is 6.86. The number of aromatic nitrogens is 5. The molecule has 0 saturated carbocycles. The van der Waals surface area contributed by atoms with Gasteiger partial charge >= 0.3 is 0 Å². The number of rotatable bonds is 8. The lowest BCUT2D eigenvalue weighted by atomic mass is 9.68. The zero-order valence-electron chi connectivity index (χ0n) is 24.5. The molecule has 3 saturated heterocycles. The third kappa shape index (κ3) is 4.74. The van der Waals surface area contributed by atoms with Gasteiger partial charge in [0.1, 0.15) is 11.0 Å². The lowest BCUT2D eigenvalue weighted by Crippen LogP contribution is -2.62. The number of carbonyl (C=O) groups is 1. The number of allylic oxidation sites excluding steroid dienone is 1. The van der Waals surface area contributed by atoms with Gasteiger partial charge in [0.05, 0.1) is 18.3 Å². The summed E-state index contributed by atoms with van der Waals surface area (Å²) in [5.74, 6) is 1.34. The topological polar surface area (TPSA) is 118 Å². The van der Waals surface area contributed by atoms with Gasteiger partial charge in [0, 0.05) is 23.2 Å². The van der Waals surface area contributed by atoms with Gasteiger partial charge in [-0.25, -0.2) is 19.3 Å². The number of anilines is 2. The lowest BCUT2D eigenvalue weighted by molar-refractivity contribution is -0.140. The summed E-state index contributed by atoms with van der Waals surface area (Å²) in [6.45, 7) is 13.7. The van der Waals surface area contributed by atoms with Crippen LogP contribution in [0.5, 0.6) is 0 Å². The number of hydrogen-bond donors (Lipinski definition) is 2. The minimum Gasteiger partial charge on any atom is -0.384 e. The van der Waals surface area contributed by atoms with E-state index in [2.05, 4.69) is 52.7 Å². The maximum Gasteiger partial charge on any atom is 0.278 e. The van der Waals surface area contributed by atoms with E-state index in [1.165, 1.54) is 10.9 Å². The largest absolute Gasteiger partial charge is 0.384 e. The molecule has 1 atom stereocenters. The third-order valence-corrected chi connectivity index (χ3v) is 8.69. The fourth-order valence-electron chi connectivity index (χ4n) is 6.42. The Morgan fingerprint density at radius 3 is 2.40 bits per heavy atom. The molecule has 1 unspecified atom stereocenters. The normalized spacial score (nSPS) is 20.7. The first-order valence-electron chi connectivity index (χ1n) is 14.4. The molecular weight excluding hydrogens is 530 g/mol. The third-order valence-electron chi connectivity index (χ3n) is 8.69. The highest BCUT2D eigenvalue weighted by Gasteiger charge is 2.48. The molecule has 0 amide bonds. The Morgan fingerprint density at radius 2 is 1.76 bits per heavy atom. The van der Waals surface area contributed by atoms with Gasteiger partial charge in [-0.15, -0.1) is 6.58 Å². The molecule has 0 radical (unpaired) electrons. The lowest BCUT2D eigenvalue weighted by Gasteiger charge is -2.50. The number of carbonyl (C=O) groups excluding carboxylic acids is 1. The van der Waals surface area contributed by atoms with E-state index in [-0.39, 0.29) is 29.5 Å². The van der Waals surface area contributed by atoms with Crippen LogP contribution in [0.2, 0.25) is 0 Å². The Balaban J connectivity index is 1.33. The van der Waals surface area contributed by atoms with Crippen molar-refractivity contribution in [1.29, 1.82) is 0 Å². The van der Waals surface area contributed by atoms with Crippen LogP contribution < -0.4 is 10.9 Å². The van der Waals surface area contributed by atoms with E-state index in [0.717, 1.165) is 37.2 Å². The van der Waals surface area contributed by atoms with Gasteiger partial charge in [0.2, 0.25) is 5.95 Å². The SMILES string of the molecule is C=CCn1c(=O)c2cnc(Nc3ccc(C(C)(C)C4C(=O)C5CCN4CC5)cc3)nc2n1-c1cccc(C(C)(C)O)n1. The summed E-state index contributed by atoms with van der Waals surface area (Å²) in [4.78, 5) is 42.6. The first kappa shape index (κ1) is 28.0. The highest BCUT2D eigenvalue weighted by Crippen LogP contribution is 2.40. The zero-order chi connectivity index (χ0) is 29.8. The average molecular weight is 568 g/mol. The van der Waals surface area contributed by atoms with Crippen LogP contribution >= 0.6 is 0 Å². The van der Waals surface area contributed by atoms with Gasteiger partial charge in [0.15, 0.2) is 17.2 Å². The number of nitrogens with zero attached hydrogens (tertiary/aromatic N) is 6. The summed E-state index contributed by atoms with van der Waals surface area (Å²) in [5.41, 5.74) is 0.994. The highest BCUT2D eigenvalue weighted by atomic mass is 16.3. The van der Waals surface area contributed by atoms with Gasteiger partial charge in [-0.05, 0) is 69.6 Å². The van der Waals surface area contributed by atoms with Crippen molar-refractivity contribution >= 4 is 28.5 Å². The van der Waals surface area contributed by atoms with E-state index in [1.807, 2.05) is 12.1 Å². The number of benzene rings is 1. The van der Waals surface area contributed by atoms with Gasteiger partial charge in [0.25, 0.3) is 5.56 Å². The minimum absolute atomic E-state index is 0.102. The van der Waals surface area contributed by atoms with Gasteiger partial charge in [-0.3, -0.25) is 14.5 Å². The molecular formula is C32H37N7O3. The van der Waals surface area contributed by atoms with Crippen molar-refractivity contribution in [3.8, 4) is 5.82 Å². The molecule has 4 aromatic rings. The maximum atomic E-state index is 13.3. The number of pyridine rings is 1. The van der Waals surface area contributed by atoms with Gasteiger partial charge in [-0.1, -0.05) is 38.1 Å². The number of Topliss-reactive ketones (excluding diaryl/α,β-unsaturated/α-hetero) is 1. The molecule has 2 N–H and O–H groups in total. The Bertz CT molecular complexity index is 1720. The number of ketones is 1. The molecule has 218 valence electrons. The average Bonchev–Trinajstić information content (AvgIpc) is 3.24. The quantitative estimate of drug-likeness (QED) is 0.306. The molecule has 7 rings (SSSR count). The first-order valence-corrected chi connectivity index (χ1v) is 14.4. The van der Waals surface area contributed by atoms with Crippen molar-refractivity contribution in [2.45, 2.75) is 64.1 Å². The number of piperidine rings is 3. The Morgan fingerprint density at radius 1 is 1.05 bits per heavy atom. The van der Waals surface area contributed by atoms with Crippen molar-refractivity contribution in [1.82, 2.24) is 29.2 Å². The molecule has 2 bridgehead atoms. The van der Waals surface area contributed by atoms with Crippen LogP contribution in [0.1, 0.15) is 51.8 Å². The number of fused-ring (bicyclic) bond motifs is 4. The number of aliphatic hydroxyl groups is 1. The second-order valence-corrected chi connectivity index (χ2v) is 12.4. The van der Waals surface area contributed by atoms with Crippen LogP contribution in [0.3, 0.4) is 0 Å². The second-order valence-electron chi connectivity index (χ2n) is 12.4. The van der Waals surface area contributed by atoms with Crippen molar-refractivity contribution in [2.75, 3.05) is 18.4 Å².